The standard InChI is InChI=1S/C17H25N3/c1-12-7-8-15(10-13(12)2)18-11-16-14(3)19-17-6-4-5-9-20(16)17/h4-6,9,12-13,15,18H,7-8,10-11H2,1-3H3. The molecule has 20 heavy (non-hydrogen) atoms. The van der Waals surface area contributed by atoms with Crippen LogP contribution in [0.2, 0.25) is 0 Å². The third-order valence-electron chi connectivity index (χ3n) is 4.99. The van der Waals surface area contributed by atoms with Crippen molar-refractivity contribution in [3.63, 3.8) is 0 Å². The second kappa shape index (κ2) is 5.57. The van der Waals surface area contributed by atoms with Gasteiger partial charge in [0.1, 0.15) is 5.65 Å². The van der Waals surface area contributed by atoms with Crippen LogP contribution in [0, 0.1) is 18.8 Å². The van der Waals surface area contributed by atoms with E-state index in [2.05, 4.69) is 53.8 Å². The fourth-order valence-corrected chi connectivity index (χ4v) is 3.35. The summed E-state index contributed by atoms with van der Waals surface area (Å²) in [5, 5.41) is 3.75. The number of imidazole rings is 1. The van der Waals surface area contributed by atoms with Crippen LogP contribution in [-0.2, 0) is 6.54 Å². The lowest BCUT2D eigenvalue weighted by Gasteiger charge is -2.32. The van der Waals surface area contributed by atoms with E-state index in [4.69, 9.17) is 0 Å². The summed E-state index contributed by atoms with van der Waals surface area (Å²) in [6, 6.07) is 6.85. The van der Waals surface area contributed by atoms with Gasteiger partial charge in [0, 0.05) is 18.8 Å². The van der Waals surface area contributed by atoms with Gasteiger partial charge in [-0.3, -0.25) is 0 Å². The van der Waals surface area contributed by atoms with Crippen LogP contribution in [0.1, 0.15) is 44.5 Å². The number of aromatic nitrogens is 2. The molecule has 2 aromatic heterocycles. The zero-order valence-corrected chi connectivity index (χ0v) is 12.8. The Morgan fingerprint density at radius 2 is 2.10 bits per heavy atom. The van der Waals surface area contributed by atoms with Crippen LogP contribution in [0.5, 0.6) is 0 Å². The van der Waals surface area contributed by atoms with Gasteiger partial charge in [-0.2, -0.15) is 0 Å². The molecule has 0 radical (unpaired) electrons. The Kier molecular flexibility index (Phi) is 3.79. The number of nitrogens with zero attached hydrogens (tertiary/aromatic N) is 2. The minimum absolute atomic E-state index is 0.662. The van der Waals surface area contributed by atoms with Gasteiger partial charge in [0.25, 0.3) is 0 Å². The first kappa shape index (κ1) is 13.6. The maximum absolute atomic E-state index is 4.63. The Bertz CT molecular complexity index is 587. The van der Waals surface area contributed by atoms with Crippen molar-refractivity contribution >= 4 is 5.65 Å². The Labute approximate surface area is 121 Å². The fourth-order valence-electron chi connectivity index (χ4n) is 3.35. The smallest absolute Gasteiger partial charge is 0.137 e. The van der Waals surface area contributed by atoms with E-state index < -0.39 is 0 Å². The van der Waals surface area contributed by atoms with Gasteiger partial charge >= 0.3 is 0 Å². The van der Waals surface area contributed by atoms with Crippen LogP contribution in [0.25, 0.3) is 5.65 Å². The molecule has 3 unspecified atom stereocenters. The lowest BCUT2D eigenvalue weighted by atomic mass is 9.79. The van der Waals surface area contributed by atoms with E-state index in [1.165, 1.54) is 25.0 Å². The molecule has 0 spiro atoms. The Hall–Kier alpha value is -1.35. The lowest BCUT2D eigenvalue weighted by molar-refractivity contribution is 0.225. The van der Waals surface area contributed by atoms with Crippen molar-refractivity contribution in [1.29, 1.82) is 0 Å². The predicted octanol–water partition coefficient (Wildman–Crippen LogP) is 3.56. The second-order valence-corrected chi connectivity index (χ2v) is 6.42. The summed E-state index contributed by atoms with van der Waals surface area (Å²) in [6.45, 7) is 7.80. The quantitative estimate of drug-likeness (QED) is 0.925. The minimum Gasteiger partial charge on any atom is -0.308 e. The second-order valence-electron chi connectivity index (χ2n) is 6.42. The summed E-state index contributed by atoms with van der Waals surface area (Å²) in [4.78, 5) is 4.63. The van der Waals surface area contributed by atoms with Gasteiger partial charge in [-0.25, -0.2) is 4.98 Å². The summed E-state index contributed by atoms with van der Waals surface area (Å²) >= 11 is 0. The van der Waals surface area contributed by atoms with Crippen LogP contribution in [0.3, 0.4) is 0 Å². The molecule has 0 amide bonds. The van der Waals surface area contributed by atoms with E-state index in [1.807, 2.05) is 6.07 Å². The lowest BCUT2D eigenvalue weighted by Crippen LogP contribution is -2.36. The van der Waals surface area contributed by atoms with E-state index in [-0.39, 0.29) is 0 Å². The fraction of sp³-hybridized carbons (Fsp3) is 0.588. The van der Waals surface area contributed by atoms with Crippen molar-refractivity contribution in [3.8, 4) is 0 Å². The summed E-state index contributed by atoms with van der Waals surface area (Å²) in [6.07, 6.45) is 6.07. The van der Waals surface area contributed by atoms with Gasteiger partial charge in [-0.15, -0.1) is 0 Å². The first-order valence-electron chi connectivity index (χ1n) is 7.81. The average molecular weight is 271 g/mol. The maximum atomic E-state index is 4.63. The van der Waals surface area contributed by atoms with E-state index in [9.17, 15) is 0 Å². The van der Waals surface area contributed by atoms with Gasteiger partial charge in [-0.05, 0) is 50.2 Å². The first-order valence-corrected chi connectivity index (χ1v) is 7.81. The molecule has 1 fully saturated rings. The molecule has 3 rings (SSSR count). The van der Waals surface area contributed by atoms with E-state index in [1.54, 1.807) is 0 Å². The predicted molar refractivity (Wildman–Crippen MR) is 82.7 cm³/mol. The molecule has 0 aliphatic heterocycles. The molecule has 3 nitrogen and oxygen atoms in total. The molecule has 1 aliphatic rings. The Morgan fingerprint density at radius 1 is 1.25 bits per heavy atom. The summed E-state index contributed by atoms with van der Waals surface area (Å²) < 4.78 is 2.21. The van der Waals surface area contributed by atoms with Crippen LogP contribution in [-0.4, -0.2) is 15.4 Å². The first-order chi connectivity index (χ1) is 9.65. The highest BCUT2D eigenvalue weighted by Crippen LogP contribution is 2.29. The van der Waals surface area contributed by atoms with Gasteiger partial charge in [0.05, 0.1) is 11.4 Å². The van der Waals surface area contributed by atoms with E-state index >= 15 is 0 Å². The largest absolute Gasteiger partial charge is 0.308 e. The highest BCUT2D eigenvalue weighted by atomic mass is 15.0. The van der Waals surface area contributed by atoms with Crippen molar-refractivity contribution < 1.29 is 0 Å². The number of nitrogens with one attached hydrogen (secondary N) is 1. The van der Waals surface area contributed by atoms with Gasteiger partial charge in [0.15, 0.2) is 0 Å². The highest BCUT2D eigenvalue weighted by molar-refractivity contribution is 5.42. The van der Waals surface area contributed by atoms with Crippen LogP contribution < -0.4 is 5.32 Å². The van der Waals surface area contributed by atoms with Crippen LogP contribution in [0.15, 0.2) is 24.4 Å². The molecule has 108 valence electrons. The summed E-state index contributed by atoms with van der Waals surface area (Å²) in [5.41, 5.74) is 3.49. The SMILES string of the molecule is Cc1nc2ccccn2c1CNC1CCC(C)C(C)C1. The van der Waals surface area contributed by atoms with Gasteiger partial charge in [-0.1, -0.05) is 19.9 Å². The molecule has 2 aromatic rings. The van der Waals surface area contributed by atoms with Gasteiger partial charge < -0.3 is 9.72 Å². The molecular weight excluding hydrogens is 246 g/mol. The monoisotopic (exact) mass is 271 g/mol. The zero-order chi connectivity index (χ0) is 14.1. The van der Waals surface area contributed by atoms with Crippen molar-refractivity contribution in [3.05, 3.63) is 35.8 Å². The van der Waals surface area contributed by atoms with Gasteiger partial charge in [0.2, 0.25) is 0 Å². The number of aryl methyl sites for hydroxylation is 1. The molecule has 0 saturated heterocycles. The molecule has 3 heteroatoms. The summed E-state index contributed by atoms with van der Waals surface area (Å²) in [7, 11) is 0. The van der Waals surface area contributed by atoms with Crippen LogP contribution >= 0.6 is 0 Å². The Morgan fingerprint density at radius 3 is 2.90 bits per heavy atom. The Balaban J connectivity index is 1.70. The maximum Gasteiger partial charge on any atom is 0.137 e. The van der Waals surface area contributed by atoms with Crippen LogP contribution in [0.4, 0.5) is 0 Å². The number of rotatable bonds is 3. The normalized spacial score (nSPS) is 27.1. The third-order valence-corrected chi connectivity index (χ3v) is 4.99. The van der Waals surface area contributed by atoms with E-state index in [0.29, 0.717) is 6.04 Å². The molecule has 1 saturated carbocycles. The molecule has 1 N–H and O–H groups in total. The van der Waals surface area contributed by atoms with Crippen molar-refractivity contribution in [2.75, 3.05) is 0 Å². The molecule has 1 aliphatic carbocycles. The molecule has 3 atom stereocenters. The number of hydrogen-bond acceptors (Lipinski definition) is 2. The number of hydrogen-bond donors (Lipinski definition) is 1. The number of pyridine rings is 1. The van der Waals surface area contributed by atoms with Crippen molar-refractivity contribution in [2.24, 2.45) is 11.8 Å². The van der Waals surface area contributed by atoms with Crippen molar-refractivity contribution in [1.82, 2.24) is 14.7 Å². The minimum atomic E-state index is 0.662. The highest BCUT2D eigenvalue weighted by Gasteiger charge is 2.24. The summed E-state index contributed by atoms with van der Waals surface area (Å²) in [5.74, 6) is 1.72. The molecule has 2 heterocycles. The topological polar surface area (TPSA) is 29.3 Å². The third kappa shape index (κ3) is 2.59. The van der Waals surface area contributed by atoms with Crippen molar-refractivity contribution in [2.45, 2.75) is 52.6 Å². The molecule has 0 bridgehead atoms. The zero-order valence-electron chi connectivity index (χ0n) is 12.8. The molecule has 0 aromatic carbocycles. The molecular formula is C17H25N3. The van der Waals surface area contributed by atoms with E-state index in [0.717, 1.165) is 29.7 Å². The average Bonchev–Trinajstić information content (AvgIpc) is 2.76. The number of fused-ring (bicyclic) bond motifs is 1.